The van der Waals surface area contributed by atoms with Crippen LogP contribution in [0, 0.1) is 23.7 Å². The van der Waals surface area contributed by atoms with Crippen molar-refractivity contribution in [3.63, 3.8) is 0 Å². The highest BCUT2D eigenvalue weighted by Gasteiger charge is 2.66. The summed E-state index contributed by atoms with van der Waals surface area (Å²) in [7, 11) is -6.54. The second-order valence-corrected chi connectivity index (χ2v) is 19.7. The van der Waals surface area contributed by atoms with Crippen LogP contribution in [0.2, 0.25) is 0 Å². The molecule has 4 atom stereocenters. The van der Waals surface area contributed by atoms with Crippen molar-refractivity contribution in [1.82, 2.24) is 19.8 Å². The number of nitrogens with zero attached hydrogens (tertiary/aromatic N) is 4. The van der Waals surface area contributed by atoms with E-state index in [9.17, 15) is 21.6 Å². The van der Waals surface area contributed by atoms with Crippen molar-refractivity contribution in [3.05, 3.63) is 120 Å². The zero-order valence-corrected chi connectivity index (χ0v) is 33.7. The van der Waals surface area contributed by atoms with Crippen molar-refractivity contribution >= 4 is 37.3 Å². The number of benzene rings is 2. The lowest BCUT2D eigenvalue weighted by Crippen LogP contribution is -2.34. The van der Waals surface area contributed by atoms with Crippen LogP contribution in [0.5, 0.6) is 0 Å². The number of amides is 1. The maximum atomic E-state index is 12.6. The summed E-state index contributed by atoms with van der Waals surface area (Å²) in [4.78, 5) is 25.8. The molecule has 2 aromatic carbocycles. The number of carbonyl (C=O) groups is 1. The minimum absolute atomic E-state index is 0.00690. The summed E-state index contributed by atoms with van der Waals surface area (Å²) in [6.45, 7) is 9.47. The van der Waals surface area contributed by atoms with Crippen LogP contribution in [-0.2, 0) is 48.5 Å². The number of rotatable bonds is 13. The molecule has 13 heteroatoms. The third-order valence-corrected chi connectivity index (χ3v) is 13.7. The number of hydrogen-bond donors (Lipinski definition) is 2. The van der Waals surface area contributed by atoms with Gasteiger partial charge in [0.2, 0.25) is 26.0 Å². The summed E-state index contributed by atoms with van der Waals surface area (Å²) in [5.41, 5.74) is 5.93. The third kappa shape index (κ3) is 8.89. The van der Waals surface area contributed by atoms with Crippen LogP contribution in [0.4, 0.5) is 11.4 Å². The van der Waals surface area contributed by atoms with Gasteiger partial charge in [0.15, 0.2) is 0 Å². The van der Waals surface area contributed by atoms with Crippen LogP contribution in [0.1, 0.15) is 49.2 Å². The molecule has 0 spiro atoms. The Bertz CT molecular complexity index is 2200. The highest BCUT2D eigenvalue weighted by molar-refractivity contribution is 7.92. The first-order valence-electron chi connectivity index (χ1n) is 19.1. The largest absolute Gasteiger partial charge is 0.342 e. The highest BCUT2D eigenvalue weighted by atomic mass is 32.2. The Morgan fingerprint density at radius 1 is 0.673 bits per heavy atom. The molecule has 1 amide bonds. The molecule has 4 heterocycles. The fourth-order valence-corrected chi connectivity index (χ4v) is 10.4. The highest BCUT2D eigenvalue weighted by Crippen LogP contribution is 2.64. The predicted molar refractivity (Wildman–Crippen MR) is 217 cm³/mol. The fourth-order valence-electron chi connectivity index (χ4n) is 9.32. The summed E-state index contributed by atoms with van der Waals surface area (Å²) >= 11 is 0. The van der Waals surface area contributed by atoms with Gasteiger partial charge in [0.25, 0.3) is 0 Å². The van der Waals surface area contributed by atoms with Crippen molar-refractivity contribution < 1.29 is 21.6 Å². The maximum Gasteiger partial charge on any atom is 0.229 e. The molecule has 4 unspecified atom stereocenters. The van der Waals surface area contributed by atoms with E-state index >= 15 is 0 Å². The van der Waals surface area contributed by atoms with Crippen molar-refractivity contribution in [2.75, 3.05) is 54.7 Å². The number of piperidine rings is 2. The number of aromatic nitrogens is 2. The Labute approximate surface area is 326 Å². The van der Waals surface area contributed by atoms with E-state index in [2.05, 4.69) is 56.4 Å². The van der Waals surface area contributed by atoms with E-state index in [0.29, 0.717) is 47.9 Å². The molecule has 2 saturated carbocycles. The average molecular weight is 785 g/mol. The summed E-state index contributed by atoms with van der Waals surface area (Å²) < 4.78 is 51.1. The number of anilines is 2. The first-order valence-corrected chi connectivity index (χ1v) is 22.9. The van der Waals surface area contributed by atoms with Crippen LogP contribution in [-0.4, -0.2) is 87.7 Å². The van der Waals surface area contributed by atoms with Gasteiger partial charge < -0.3 is 9.80 Å². The summed E-state index contributed by atoms with van der Waals surface area (Å²) in [5.74, 6) is 2.38. The fraction of sp³-hybridized carbons (Fsp3) is 0.452. The number of pyridine rings is 2. The van der Waals surface area contributed by atoms with E-state index in [1.165, 1.54) is 17.5 Å². The average Bonchev–Trinajstić information content (AvgIpc) is 3.62. The van der Waals surface area contributed by atoms with Gasteiger partial charge in [0.05, 0.1) is 12.5 Å². The molecule has 0 radical (unpaired) electrons. The van der Waals surface area contributed by atoms with Crippen molar-refractivity contribution in [3.8, 4) is 0 Å². The number of hydrogen-bond acceptors (Lipinski definition) is 8. The van der Waals surface area contributed by atoms with E-state index in [1.807, 2.05) is 71.8 Å². The molecule has 8 rings (SSSR count). The minimum atomic E-state index is -3.29. The van der Waals surface area contributed by atoms with Gasteiger partial charge in [-0.2, -0.15) is 0 Å². The summed E-state index contributed by atoms with van der Waals surface area (Å²) in [6, 6.07) is 27.4. The van der Waals surface area contributed by atoms with Gasteiger partial charge in [-0.1, -0.05) is 50.2 Å². The van der Waals surface area contributed by atoms with Crippen LogP contribution >= 0.6 is 0 Å². The molecule has 292 valence electrons. The molecule has 2 aromatic heterocycles. The normalized spacial score (nSPS) is 26.7. The van der Waals surface area contributed by atoms with Crippen LogP contribution in [0.15, 0.2) is 97.3 Å². The zero-order valence-electron chi connectivity index (χ0n) is 32.1. The Balaban J connectivity index is 0.000000169. The van der Waals surface area contributed by atoms with Gasteiger partial charge in [0.1, 0.15) is 0 Å². The Morgan fingerprint density at radius 2 is 1.15 bits per heavy atom. The standard InChI is InChI=1S/C21H25N3O3S.C21H27N3O2S/c1-21(15-6-5-8-17(12-15)23-28(2,26)27)18-13-24(14-19(18)21)20(25)10-9-16-7-3-4-11-22-16;1-21(16-7-5-9-18(13-16)23-27(2,25)26)19-14-24(15-20(19)21)12-6-10-17-8-3-4-11-22-17/h3-8,11-12,18-19,23H,9-10,13-14H2,1-2H3;3-5,7-9,11,13,19-20,23H,6,10,12,14-15H2,1-2H3. The van der Waals surface area contributed by atoms with E-state index in [-0.39, 0.29) is 16.7 Å². The molecular weight excluding hydrogens is 733 g/mol. The first-order chi connectivity index (χ1) is 26.1. The number of fused-ring (bicyclic) bond motifs is 2. The number of likely N-dealkylation sites (tertiary alicyclic amines) is 2. The van der Waals surface area contributed by atoms with Crippen LogP contribution < -0.4 is 9.44 Å². The Hall–Kier alpha value is -4.33. The van der Waals surface area contributed by atoms with E-state index in [1.54, 1.807) is 12.3 Å². The summed E-state index contributed by atoms with van der Waals surface area (Å²) in [5, 5.41) is 0. The zero-order chi connectivity index (χ0) is 39.0. The smallest absolute Gasteiger partial charge is 0.229 e. The predicted octanol–water partition coefficient (Wildman–Crippen LogP) is 5.34. The number of nitrogens with one attached hydrogen (secondary N) is 2. The lowest BCUT2D eigenvalue weighted by atomic mass is 9.92. The maximum absolute atomic E-state index is 12.6. The molecule has 2 aliphatic heterocycles. The number of sulfonamides is 2. The molecular formula is C42H52N6O5S2. The Morgan fingerprint density at radius 3 is 1.60 bits per heavy atom. The van der Waals surface area contributed by atoms with Gasteiger partial charge in [-0.25, -0.2) is 16.8 Å². The first kappa shape index (κ1) is 38.9. The Kier molecular flexibility index (Phi) is 10.8. The number of carbonyl (C=O) groups excluding carboxylic acids is 1. The monoisotopic (exact) mass is 784 g/mol. The van der Waals surface area contributed by atoms with Crippen molar-refractivity contribution in [2.24, 2.45) is 23.7 Å². The van der Waals surface area contributed by atoms with Gasteiger partial charge in [0, 0.05) is 78.6 Å². The quantitative estimate of drug-likeness (QED) is 0.185. The topological polar surface area (TPSA) is 142 Å². The van der Waals surface area contributed by atoms with Gasteiger partial charge in [-0.05, 0) is 109 Å². The molecule has 2 aliphatic carbocycles. The number of aryl methyl sites for hydroxylation is 2. The van der Waals surface area contributed by atoms with E-state index in [4.69, 9.17) is 0 Å². The van der Waals surface area contributed by atoms with Gasteiger partial charge in [-0.15, -0.1) is 0 Å². The molecule has 55 heavy (non-hydrogen) atoms. The van der Waals surface area contributed by atoms with Gasteiger partial charge >= 0.3 is 0 Å². The van der Waals surface area contributed by atoms with Crippen LogP contribution in [0.3, 0.4) is 0 Å². The van der Waals surface area contributed by atoms with Crippen molar-refractivity contribution in [2.45, 2.75) is 50.4 Å². The minimum Gasteiger partial charge on any atom is -0.342 e. The second kappa shape index (κ2) is 15.3. The molecule has 11 nitrogen and oxygen atoms in total. The molecule has 0 bridgehead atoms. The van der Waals surface area contributed by atoms with Crippen LogP contribution in [0.25, 0.3) is 0 Å². The van der Waals surface area contributed by atoms with Crippen molar-refractivity contribution in [1.29, 1.82) is 0 Å². The lowest BCUT2D eigenvalue weighted by molar-refractivity contribution is -0.130. The molecule has 4 aromatic rings. The lowest BCUT2D eigenvalue weighted by Gasteiger charge is -2.25. The third-order valence-electron chi connectivity index (χ3n) is 12.5. The van der Waals surface area contributed by atoms with E-state index < -0.39 is 20.0 Å². The van der Waals surface area contributed by atoms with E-state index in [0.717, 1.165) is 63.1 Å². The SMILES string of the molecule is CC1(c2cccc(NS(C)(=O)=O)c2)C2CN(C(=O)CCc3ccccn3)CC21.CC1(c2cccc(NS(C)(=O)=O)c2)C2CN(CCCc3ccccn3)CC21. The molecule has 2 N–H and O–H groups in total. The van der Waals surface area contributed by atoms with Gasteiger partial charge in [-0.3, -0.25) is 24.2 Å². The summed E-state index contributed by atoms with van der Waals surface area (Å²) in [6.07, 6.45) is 9.28. The molecule has 2 saturated heterocycles. The second-order valence-electron chi connectivity index (χ2n) is 16.2. The molecule has 4 aliphatic rings. The molecule has 4 fully saturated rings.